The highest BCUT2D eigenvalue weighted by Crippen LogP contribution is 2.21. The summed E-state index contributed by atoms with van der Waals surface area (Å²) < 4.78 is 0. The zero-order valence-electron chi connectivity index (χ0n) is 11.3. The molecule has 20 heavy (non-hydrogen) atoms. The van der Waals surface area contributed by atoms with Gasteiger partial charge in [0, 0.05) is 6.42 Å². The molecule has 2 aromatic carbocycles. The second-order valence-electron chi connectivity index (χ2n) is 4.78. The first kappa shape index (κ1) is 14.0. The number of aromatic carboxylic acids is 1. The van der Waals surface area contributed by atoms with Gasteiger partial charge in [-0.1, -0.05) is 36.4 Å². The van der Waals surface area contributed by atoms with Crippen LogP contribution in [0, 0.1) is 0 Å². The fraction of sp³-hybridized carbons (Fsp3) is 0.176. The lowest BCUT2D eigenvalue weighted by Gasteiger charge is -2.05. The van der Waals surface area contributed by atoms with Gasteiger partial charge in [0.05, 0.1) is 5.56 Å². The zero-order valence-corrected chi connectivity index (χ0v) is 11.3. The van der Waals surface area contributed by atoms with Gasteiger partial charge in [0.25, 0.3) is 0 Å². The minimum atomic E-state index is -0.924. The van der Waals surface area contributed by atoms with E-state index in [9.17, 15) is 9.59 Å². The van der Waals surface area contributed by atoms with Crippen molar-refractivity contribution in [2.45, 2.75) is 19.8 Å². The van der Waals surface area contributed by atoms with E-state index >= 15 is 0 Å². The Morgan fingerprint density at radius 2 is 1.70 bits per heavy atom. The Balaban J connectivity index is 2.21. The summed E-state index contributed by atoms with van der Waals surface area (Å²) in [6, 6.07) is 14.8. The molecule has 0 heterocycles. The largest absolute Gasteiger partial charge is 0.478 e. The highest BCUT2D eigenvalue weighted by molar-refractivity contribution is 5.88. The van der Waals surface area contributed by atoms with Crippen LogP contribution in [-0.4, -0.2) is 16.9 Å². The molecule has 0 spiro atoms. The third-order valence-corrected chi connectivity index (χ3v) is 3.16. The van der Waals surface area contributed by atoms with Crippen LogP contribution in [0.25, 0.3) is 11.1 Å². The van der Waals surface area contributed by atoms with Crippen molar-refractivity contribution in [2.75, 3.05) is 0 Å². The Labute approximate surface area is 117 Å². The fourth-order valence-corrected chi connectivity index (χ4v) is 2.03. The quantitative estimate of drug-likeness (QED) is 0.901. The Morgan fingerprint density at radius 3 is 2.30 bits per heavy atom. The number of hydrogen-bond donors (Lipinski definition) is 1. The van der Waals surface area contributed by atoms with Crippen LogP contribution in [-0.2, 0) is 11.2 Å². The van der Waals surface area contributed by atoms with Crippen molar-refractivity contribution in [1.29, 1.82) is 0 Å². The summed E-state index contributed by atoms with van der Waals surface area (Å²) in [5, 5.41) is 8.88. The molecule has 102 valence electrons. The van der Waals surface area contributed by atoms with Crippen LogP contribution in [0.1, 0.15) is 29.3 Å². The lowest BCUT2D eigenvalue weighted by atomic mass is 9.99. The average molecular weight is 268 g/mol. The number of carbonyl (C=O) groups is 2. The Hall–Kier alpha value is -2.42. The van der Waals surface area contributed by atoms with E-state index in [-0.39, 0.29) is 11.3 Å². The van der Waals surface area contributed by atoms with Gasteiger partial charge in [-0.2, -0.15) is 0 Å². The van der Waals surface area contributed by atoms with Crippen LogP contribution in [0.3, 0.4) is 0 Å². The predicted molar refractivity (Wildman–Crippen MR) is 77.8 cm³/mol. The molecular weight excluding hydrogens is 252 g/mol. The number of ketones is 1. The summed E-state index contributed by atoms with van der Waals surface area (Å²) in [7, 11) is 0. The van der Waals surface area contributed by atoms with Gasteiger partial charge >= 0.3 is 5.97 Å². The molecule has 3 heteroatoms. The van der Waals surface area contributed by atoms with E-state index in [2.05, 4.69) is 0 Å². The molecule has 0 unspecified atom stereocenters. The summed E-state index contributed by atoms with van der Waals surface area (Å²) in [5.41, 5.74) is 3.39. The molecule has 3 nitrogen and oxygen atoms in total. The summed E-state index contributed by atoms with van der Waals surface area (Å²) >= 11 is 0. The monoisotopic (exact) mass is 268 g/mol. The first-order chi connectivity index (χ1) is 9.56. The van der Waals surface area contributed by atoms with E-state index in [0.717, 1.165) is 23.1 Å². The molecule has 2 aromatic rings. The van der Waals surface area contributed by atoms with E-state index in [0.29, 0.717) is 6.42 Å². The Morgan fingerprint density at radius 1 is 1.00 bits per heavy atom. The fourth-order valence-electron chi connectivity index (χ4n) is 2.03. The molecule has 0 saturated heterocycles. The molecule has 0 radical (unpaired) electrons. The van der Waals surface area contributed by atoms with E-state index in [1.165, 1.54) is 0 Å². The van der Waals surface area contributed by atoms with Gasteiger partial charge in [-0.3, -0.25) is 0 Å². The van der Waals surface area contributed by atoms with Crippen molar-refractivity contribution in [3.63, 3.8) is 0 Å². The SMILES string of the molecule is CC(=O)CCc1cccc(-c2ccc(C(=O)O)cc2)c1. The number of aryl methyl sites for hydroxylation is 1. The van der Waals surface area contributed by atoms with E-state index in [4.69, 9.17) is 5.11 Å². The van der Waals surface area contributed by atoms with E-state index < -0.39 is 5.97 Å². The van der Waals surface area contributed by atoms with Gasteiger partial charge in [0.15, 0.2) is 0 Å². The lowest BCUT2D eigenvalue weighted by molar-refractivity contribution is -0.116. The van der Waals surface area contributed by atoms with Crippen LogP contribution >= 0.6 is 0 Å². The van der Waals surface area contributed by atoms with E-state index in [1.807, 2.05) is 24.3 Å². The summed E-state index contributed by atoms with van der Waals surface area (Å²) in [6.45, 7) is 1.59. The molecule has 0 atom stereocenters. The van der Waals surface area contributed by atoms with Crippen molar-refractivity contribution >= 4 is 11.8 Å². The lowest BCUT2D eigenvalue weighted by Crippen LogP contribution is -1.95. The molecule has 0 saturated carbocycles. The van der Waals surface area contributed by atoms with Crippen LogP contribution in [0.15, 0.2) is 48.5 Å². The smallest absolute Gasteiger partial charge is 0.335 e. The van der Waals surface area contributed by atoms with Crippen LogP contribution in [0.5, 0.6) is 0 Å². The maximum absolute atomic E-state index is 11.0. The minimum absolute atomic E-state index is 0.182. The maximum Gasteiger partial charge on any atom is 0.335 e. The normalized spacial score (nSPS) is 10.2. The highest BCUT2D eigenvalue weighted by Gasteiger charge is 2.04. The van der Waals surface area contributed by atoms with Crippen LogP contribution in [0.4, 0.5) is 0 Å². The number of carboxylic acids is 1. The predicted octanol–water partition coefficient (Wildman–Crippen LogP) is 3.57. The summed E-state index contributed by atoms with van der Waals surface area (Å²) in [6.07, 6.45) is 1.28. The van der Waals surface area contributed by atoms with Crippen molar-refractivity contribution in [3.8, 4) is 11.1 Å². The van der Waals surface area contributed by atoms with Crippen molar-refractivity contribution in [2.24, 2.45) is 0 Å². The van der Waals surface area contributed by atoms with Gasteiger partial charge in [-0.15, -0.1) is 0 Å². The molecule has 0 aromatic heterocycles. The minimum Gasteiger partial charge on any atom is -0.478 e. The van der Waals surface area contributed by atoms with Gasteiger partial charge < -0.3 is 9.90 Å². The maximum atomic E-state index is 11.0. The molecule has 0 aliphatic carbocycles. The number of benzene rings is 2. The second kappa shape index (κ2) is 6.15. The molecule has 0 fully saturated rings. The number of carboxylic acid groups (broad SMARTS) is 1. The average Bonchev–Trinajstić information content (AvgIpc) is 2.45. The van der Waals surface area contributed by atoms with Gasteiger partial charge in [0.2, 0.25) is 0 Å². The standard InChI is InChI=1S/C17H16O3/c1-12(18)5-6-13-3-2-4-16(11-13)14-7-9-15(10-8-14)17(19)20/h2-4,7-11H,5-6H2,1H3,(H,19,20). The number of Topliss-reactive ketones (excluding diaryl/α,β-unsaturated/α-hetero) is 1. The molecular formula is C17H16O3. The molecule has 0 aliphatic heterocycles. The molecule has 0 amide bonds. The second-order valence-corrected chi connectivity index (χ2v) is 4.78. The van der Waals surface area contributed by atoms with Crippen LogP contribution in [0.2, 0.25) is 0 Å². The van der Waals surface area contributed by atoms with Gasteiger partial charge in [-0.05, 0) is 42.2 Å². The number of carbonyl (C=O) groups excluding carboxylic acids is 1. The summed E-state index contributed by atoms with van der Waals surface area (Å²) in [4.78, 5) is 21.8. The topological polar surface area (TPSA) is 54.4 Å². The Kier molecular flexibility index (Phi) is 4.31. The zero-order chi connectivity index (χ0) is 14.5. The first-order valence-corrected chi connectivity index (χ1v) is 6.48. The number of hydrogen-bond acceptors (Lipinski definition) is 2. The molecule has 0 bridgehead atoms. The Bertz CT molecular complexity index is 627. The van der Waals surface area contributed by atoms with Crippen molar-refractivity contribution in [3.05, 3.63) is 59.7 Å². The molecule has 0 aliphatic rings. The van der Waals surface area contributed by atoms with E-state index in [1.54, 1.807) is 31.2 Å². The summed E-state index contributed by atoms with van der Waals surface area (Å²) in [5.74, 6) is -0.743. The van der Waals surface area contributed by atoms with Crippen LogP contribution < -0.4 is 0 Å². The number of rotatable bonds is 5. The molecule has 2 rings (SSSR count). The molecule has 1 N–H and O–H groups in total. The third kappa shape index (κ3) is 3.54. The van der Waals surface area contributed by atoms with Gasteiger partial charge in [0.1, 0.15) is 5.78 Å². The van der Waals surface area contributed by atoms with Gasteiger partial charge in [-0.25, -0.2) is 4.79 Å². The first-order valence-electron chi connectivity index (χ1n) is 6.48. The van der Waals surface area contributed by atoms with Crippen molar-refractivity contribution < 1.29 is 14.7 Å². The highest BCUT2D eigenvalue weighted by atomic mass is 16.4. The third-order valence-electron chi connectivity index (χ3n) is 3.16. The van der Waals surface area contributed by atoms with Crippen molar-refractivity contribution in [1.82, 2.24) is 0 Å².